The van der Waals surface area contributed by atoms with Crippen LogP contribution in [-0.4, -0.2) is 16.1 Å². The number of carboxylic acids is 1. The maximum absolute atomic E-state index is 10.6. The topological polar surface area (TPSA) is 102 Å². The van der Waals surface area contributed by atoms with Gasteiger partial charge in [0.25, 0.3) is 0 Å². The van der Waals surface area contributed by atoms with Crippen LogP contribution in [0.1, 0.15) is 11.6 Å². The number of hydrogen-bond donors (Lipinski definition) is 3. The predicted octanol–water partition coefficient (Wildman–Crippen LogP) is 0.511. The largest absolute Gasteiger partial charge is 0.480 e. The third-order valence-electron chi connectivity index (χ3n) is 1.51. The molecule has 1 aromatic heterocycles. The fourth-order valence-electron chi connectivity index (χ4n) is 0.843. The van der Waals surface area contributed by atoms with Crippen molar-refractivity contribution in [3.8, 4) is 0 Å². The minimum absolute atomic E-state index is 0.245. The second-order valence-electron chi connectivity index (χ2n) is 2.45. The van der Waals surface area contributed by atoms with Gasteiger partial charge in [-0.3, -0.25) is 4.79 Å². The summed E-state index contributed by atoms with van der Waals surface area (Å²) in [5.74, 6) is -0.860. The normalized spacial score (nSPS) is 12.5. The van der Waals surface area contributed by atoms with Gasteiger partial charge >= 0.3 is 5.97 Å². The van der Waals surface area contributed by atoms with Gasteiger partial charge in [-0.2, -0.15) is 0 Å². The van der Waals surface area contributed by atoms with Crippen LogP contribution in [0.2, 0.25) is 0 Å². The lowest BCUT2D eigenvalue weighted by molar-refractivity contribution is -0.138. The van der Waals surface area contributed by atoms with Crippen LogP contribution < -0.4 is 11.5 Å². The van der Waals surface area contributed by atoms with Crippen LogP contribution in [0, 0.1) is 0 Å². The quantitative estimate of drug-likeness (QED) is 0.705. The zero-order valence-corrected chi connectivity index (χ0v) is 8.15. The van der Waals surface area contributed by atoms with Gasteiger partial charge in [0.15, 0.2) is 0 Å². The lowest BCUT2D eigenvalue weighted by atomic mass is 10.1. The van der Waals surface area contributed by atoms with Crippen molar-refractivity contribution in [1.29, 1.82) is 0 Å². The lowest BCUT2D eigenvalue weighted by Crippen LogP contribution is -2.21. The zero-order chi connectivity index (χ0) is 10.0. The molecule has 0 saturated heterocycles. The third kappa shape index (κ3) is 2.16. The van der Waals surface area contributed by atoms with E-state index in [1.807, 2.05) is 0 Å². The highest BCUT2D eigenvalue weighted by Gasteiger charge is 2.17. The highest BCUT2D eigenvalue weighted by Crippen LogP contribution is 2.22. The van der Waals surface area contributed by atoms with Gasteiger partial charge in [-0.05, 0) is 27.6 Å². The molecule has 0 fully saturated rings. The van der Waals surface area contributed by atoms with E-state index in [0.717, 1.165) is 0 Å². The summed E-state index contributed by atoms with van der Waals surface area (Å²) < 4.78 is 0.539. The molecule has 0 amide bonds. The summed E-state index contributed by atoms with van der Waals surface area (Å²) in [6.45, 7) is 0. The van der Waals surface area contributed by atoms with E-state index in [2.05, 4.69) is 20.9 Å². The highest BCUT2D eigenvalue weighted by molar-refractivity contribution is 9.10. The number of halogens is 1. The Balaban J connectivity index is 3.12. The van der Waals surface area contributed by atoms with Crippen molar-refractivity contribution in [3.63, 3.8) is 0 Å². The first-order chi connectivity index (χ1) is 6.02. The van der Waals surface area contributed by atoms with E-state index in [0.29, 0.717) is 10.0 Å². The second-order valence-corrected chi connectivity index (χ2v) is 3.30. The van der Waals surface area contributed by atoms with Gasteiger partial charge in [0.2, 0.25) is 0 Å². The van der Waals surface area contributed by atoms with Gasteiger partial charge < -0.3 is 16.6 Å². The Kier molecular flexibility index (Phi) is 2.84. The number of rotatable bonds is 2. The van der Waals surface area contributed by atoms with Gasteiger partial charge in [0, 0.05) is 10.7 Å². The Morgan fingerprint density at radius 3 is 2.85 bits per heavy atom. The summed E-state index contributed by atoms with van der Waals surface area (Å²) in [6.07, 6.45) is 1.42. The number of hydrogen-bond acceptors (Lipinski definition) is 4. The van der Waals surface area contributed by atoms with Crippen molar-refractivity contribution in [2.24, 2.45) is 5.73 Å². The van der Waals surface area contributed by atoms with Crippen LogP contribution in [0.5, 0.6) is 0 Å². The number of carbonyl (C=O) groups is 1. The van der Waals surface area contributed by atoms with Gasteiger partial charge in [0.05, 0.1) is 0 Å². The summed E-state index contributed by atoms with van der Waals surface area (Å²) in [6, 6.07) is 0.350. The average molecular weight is 246 g/mol. The lowest BCUT2D eigenvalue weighted by Gasteiger charge is -2.08. The van der Waals surface area contributed by atoms with Crippen LogP contribution in [0.15, 0.2) is 16.7 Å². The molecular weight excluding hydrogens is 238 g/mol. The van der Waals surface area contributed by atoms with Crippen molar-refractivity contribution in [3.05, 3.63) is 22.3 Å². The molecule has 0 aliphatic carbocycles. The van der Waals surface area contributed by atoms with Crippen molar-refractivity contribution in [1.82, 2.24) is 4.98 Å². The molecule has 0 saturated carbocycles. The van der Waals surface area contributed by atoms with Crippen LogP contribution in [-0.2, 0) is 4.79 Å². The molecule has 0 spiro atoms. The Bertz CT molecular complexity index is 343. The van der Waals surface area contributed by atoms with E-state index in [1.54, 1.807) is 0 Å². The fraction of sp³-hybridized carbons (Fsp3) is 0.143. The first kappa shape index (κ1) is 9.94. The van der Waals surface area contributed by atoms with Crippen molar-refractivity contribution >= 4 is 27.7 Å². The molecule has 1 rings (SSSR count). The minimum atomic E-state index is -1.11. The molecule has 70 valence electrons. The number of nitrogen functional groups attached to an aromatic ring is 1. The predicted molar refractivity (Wildman–Crippen MR) is 50.9 cm³/mol. The van der Waals surface area contributed by atoms with Crippen LogP contribution >= 0.6 is 15.9 Å². The Hall–Kier alpha value is -1.14. The molecule has 5 N–H and O–H groups in total. The molecule has 13 heavy (non-hydrogen) atoms. The summed E-state index contributed by atoms with van der Waals surface area (Å²) in [4.78, 5) is 14.3. The average Bonchev–Trinajstić information content (AvgIpc) is 2.08. The molecule has 6 heteroatoms. The second kappa shape index (κ2) is 3.71. The number of nitrogens with zero attached hydrogens (tertiary/aromatic N) is 1. The number of carboxylic acid groups (broad SMARTS) is 1. The molecule has 1 heterocycles. The molecular formula is C7H8BrN3O2. The van der Waals surface area contributed by atoms with Crippen LogP contribution in [0.3, 0.4) is 0 Å². The SMILES string of the molecule is Nc1cc(C(N)C(=O)O)c(Br)cn1. The van der Waals surface area contributed by atoms with Gasteiger partial charge in [-0.1, -0.05) is 0 Å². The van der Waals surface area contributed by atoms with E-state index in [-0.39, 0.29) is 5.82 Å². The van der Waals surface area contributed by atoms with E-state index in [1.165, 1.54) is 12.3 Å². The molecule has 0 aliphatic heterocycles. The Morgan fingerprint density at radius 1 is 1.69 bits per heavy atom. The van der Waals surface area contributed by atoms with Gasteiger partial charge in [-0.15, -0.1) is 0 Å². The molecule has 0 aliphatic rings. The zero-order valence-electron chi connectivity index (χ0n) is 6.57. The molecule has 1 atom stereocenters. The summed E-state index contributed by atoms with van der Waals surface area (Å²) in [5.41, 5.74) is 11.2. The fourth-order valence-corrected chi connectivity index (χ4v) is 1.31. The van der Waals surface area contributed by atoms with Crippen molar-refractivity contribution < 1.29 is 9.90 Å². The van der Waals surface area contributed by atoms with Gasteiger partial charge in [0.1, 0.15) is 11.9 Å². The monoisotopic (exact) mass is 245 g/mol. The smallest absolute Gasteiger partial charge is 0.325 e. The number of anilines is 1. The summed E-state index contributed by atoms with van der Waals surface area (Å²) in [7, 11) is 0. The van der Waals surface area contributed by atoms with Gasteiger partial charge in [-0.25, -0.2) is 4.98 Å². The molecule has 1 aromatic rings. The summed E-state index contributed by atoms with van der Waals surface area (Å²) >= 11 is 3.14. The Labute approximate surface area is 82.9 Å². The van der Waals surface area contributed by atoms with E-state index < -0.39 is 12.0 Å². The van der Waals surface area contributed by atoms with Crippen molar-refractivity contribution in [2.75, 3.05) is 5.73 Å². The van der Waals surface area contributed by atoms with E-state index in [4.69, 9.17) is 16.6 Å². The molecule has 0 bridgehead atoms. The summed E-state index contributed by atoms with van der Waals surface area (Å²) in [5, 5.41) is 8.64. The number of pyridine rings is 1. The van der Waals surface area contributed by atoms with Crippen molar-refractivity contribution in [2.45, 2.75) is 6.04 Å². The molecule has 0 aromatic carbocycles. The number of aliphatic carboxylic acids is 1. The standard InChI is InChI=1S/C7H8BrN3O2/c8-4-2-11-5(9)1-3(4)6(10)7(12)13/h1-2,6H,10H2,(H2,9,11)(H,12,13). The van der Waals surface area contributed by atoms with Crippen LogP contribution in [0.25, 0.3) is 0 Å². The number of nitrogens with two attached hydrogens (primary N) is 2. The maximum Gasteiger partial charge on any atom is 0.325 e. The first-order valence-corrected chi connectivity index (χ1v) is 4.21. The molecule has 5 nitrogen and oxygen atoms in total. The van der Waals surface area contributed by atoms with E-state index in [9.17, 15) is 4.79 Å². The van der Waals surface area contributed by atoms with Crippen LogP contribution in [0.4, 0.5) is 5.82 Å². The highest BCUT2D eigenvalue weighted by atomic mass is 79.9. The number of aromatic nitrogens is 1. The third-order valence-corrected chi connectivity index (χ3v) is 2.17. The molecule has 0 radical (unpaired) electrons. The first-order valence-electron chi connectivity index (χ1n) is 3.41. The maximum atomic E-state index is 10.6. The minimum Gasteiger partial charge on any atom is -0.480 e. The van der Waals surface area contributed by atoms with E-state index >= 15 is 0 Å². The Morgan fingerprint density at radius 2 is 2.31 bits per heavy atom. The molecule has 1 unspecified atom stereocenters.